The fourth-order valence-electron chi connectivity index (χ4n) is 4.49. The lowest BCUT2D eigenvalue weighted by atomic mass is 9.94. The summed E-state index contributed by atoms with van der Waals surface area (Å²) in [5.41, 5.74) is 0.907. The summed E-state index contributed by atoms with van der Waals surface area (Å²) >= 11 is 1.44. The van der Waals surface area contributed by atoms with Crippen LogP contribution in [0.4, 0.5) is 0 Å². The predicted octanol–water partition coefficient (Wildman–Crippen LogP) is 3.54. The molecule has 1 aromatic carbocycles. The smallest absolute Gasteiger partial charge is 0.326 e. The number of carboxylic acids is 1. The zero-order valence-electron chi connectivity index (χ0n) is 14.3. The van der Waals surface area contributed by atoms with Gasteiger partial charge in [-0.2, -0.15) is 0 Å². The fourth-order valence-corrected chi connectivity index (χ4v) is 5.64. The maximum absolute atomic E-state index is 13.2. The van der Waals surface area contributed by atoms with Gasteiger partial charge in [-0.05, 0) is 60.7 Å². The molecule has 1 aliphatic carbocycles. The first kappa shape index (κ1) is 16.4. The van der Waals surface area contributed by atoms with Gasteiger partial charge in [-0.3, -0.25) is 4.79 Å². The third-order valence-electron chi connectivity index (χ3n) is 5.74. The van der Waals surface area contributed by atoms with Crippen molar-refractivity contribution in [2.45, 2.75) is 32.2 Å². The lowest BCUT2D eigenvalue weighted by Gasteiger charge is -2.24. The molecule has 132 valence electrons. The Morgan fingerprint density at radius 3 is 2.84 bits per heavy atom. The molecule has 1 N–H and O–H groups in total. The van der Waals surface area contributed by atoms with E-state index in [4.69, 9.17) is 4.74 Å². The van der Waals surface area contributed by atoms with Crippen LogP contribution in [-0.2, 0) is 4.79 Å². The van der Waals surface area contributed by atoms with Crippen LogP contribution >= 0.6 is 11.3 Å². The van der Waals surface area contributed by atoms with Crippen molar-refractivity contribution < 1.29 is 19.4 Å². The summed E-state index contributed by atoms with van der Waals surface area (Å²) in [6, 6.07) is 5.09. The van der Waals surface area contributed by atoms with E-state index in [1.165, 1.54) is 11.3 Å². The highest BCUT2D eigenvalue weighted by Crippen LogP contribution is 2.44. The van der Waals surface area contributed by atoms with Crippen molar-refractivity contribution in [3.63, 3.8) is 0 Å². The molecule has 5 nitrogen and oxygen atoms in total. The van der Waals surface area contributed by atoms with E-state index in [1.54, 1.807) is 12.0 Å². The van der Waals surface area contributed by atoms with Crippen LogP contribution < -0.4 is 4.74 Å². The van der Waals surface area contributed by atoms with Gasteiger partial charge in [-0.1, -0.05) is 6.42 Å². The second kappa shape index (κ2) is 6.02. The number of hydrogen-bond donors (Lipinski definition) is 1. The average molecular weight is 359 g/mol. The first-order chi connectivity index (χ1) is 12.0. The number of ether oxygens (including phenoxy) is 1. The highest BCUT2D eigenvalue weighted by Gasteiger charge is 2.50. The number of aliphatic carboxylic acids is 1. The average Bonchev–Trinajstić information content (AvgIpc) is 3.26. The minimum absolute atomic E-state index is 0.108. The quantitative estimate of drug-likeness (QED) is 0.910. The molecule has 2 heterocycles. The van der Waals surface area contributed by atoms with Crippen molar-refractivity contribution in [2.24, 2.45) is 11.8 Å². The van der Waals surface area contributed by atoms with Crippen molar-refractivity contribution >= 4 is 33.3 Å². The minimum atomic E-state index is -0.872. The zero-order valence-corrected chi connectivity index (χ0v) is 15.1. The number of carbonyl (C=O) groups is 2. The van der Waals surface area contributed by atoms with Gasteiger partial charge in [0.1, 0.15) is 11.8 Å². The molecule has 2 aromatic rings. The number of nitrogens with zero attached hydrogens (tertiary/aromatic N) is 1. The molecule has 1 amide bonds. The molecule has 2 fully saturated rings. The minimum Gasteiger partial charge on any atom is -0.497 e. The van der Waals surface area contributed by atoms with Gasteiger partial charge in [0, 0.05) is 11.2 Å². The SMILES string of the molecule is COc1ccc2sc(C(=O)N3CC4CCCC4C3C(=O)O)c(C)c2c1. The van der Waals surface area contributed by atoms with Gasteiger partial charge in [0.05, 0.1) is 12.0 Å². The monoisotopic (exact) mass is 359 g/mol. The normalized spacial score (nSPS) is 25.4. The van der Waals surface area contributed by atoms with Gasteiger partial charge in [-0.15, -0.1) is 11.3 Å². The summed E-state index contributed by atoms with van der Waals surface area (Å²) in [5, 5.41) is 10.7. The lowest BCUT2D eigenvalue weighted by Crippen LogP contribution is -2.43. The van der Waals surface area contributed by atoms with E-state index < -0.39 is 12.0 Å². The van der Waals surface area contributed by atoms with E-state index >= 15 is 0 Å². The highest BCUT2D eigenvalue weighted by atomic mass is 32.1. The summed E-state index contributed by atoms with van der Waals surface area (Å²) in [7, 11) is 1.62. The summed E-state index contributed by atoms with van der Waals surface area (Å²) in [4.78, 5) is 27.3. The van der Waals surface area contributed by atoms with E-state index in [0.717, 1.165) is 40.7 Å². The third kappa shape index (κ3) is 2.51. The Bertz CT molecular complexity index is 858. The fraction of sp³-hybridized carbons (Fsp3) is 0.474. The Morgan fingerprint density at radius 2 is 2.12 bits per heavy atom. The molecule has 25 heavy (non-hydrogen) atoms. The molecule has 1 aromatic heterocycles. The van der Waals surface area contributed by atoms with E-state index in [-0.39, 0.29) is 11.8 Å². The number of thiophene rings is 1. The molecular weight excluding hydrogens is 338 g/mol. The van der Waals surface area contributed by atoms with Crippen molar-refractivity contribution in [3.05, 3.63) is 28.6 Å². The number of methoxy groups -OCH3 is 1. The number of benzene rings is 1. The molecule has 3 atom stereocenters. The second-order valence-electron chi connectivity index (χ2n) is 7.01. The molecule has 0 spiro atoms. The van der Waals surface area contributed by atoms with E-state index in [1.807, 2.05) is 25.1 Å². The van der Waals surface area contributed by atoms with Gasteiger partial charge in [-0.25, -0.2) is 4.79 Å². The summed E-state index contributed by atoms with van der Waals surface area (Å²) in [6.45, 7) is 2.50. The van der Waals surface area contributed by atoms with Crippen molar-refractivity contribution in [3.8, 4) is 5.75 Å². The molecular formula is C19H21NO4S. The number of rotatable bonds is 3. The first-order valence-electron chi connectivity index (χ1n) is 8.62. The van der Waals surface area contributed by atoms with Gasteiger partial charge < -0.3 is 14.7 Å². The highest BCUT2D eigenvalue weighted by molar-refractivity contribution is 7.21. The van der Waals surface area contributed by atoms with Crippen LogP contribution in [0.5, 0.6) is 5.75 Å². The topological polar surface area (TPSA) is 66.8 Å². The standard InChI is InChI=1S/C19H21NO4S/c1-10-14-8-12(24-2)6-7-15(14)25-17(10)18(21)20-9-11-4-3-5-13(11)16(20)19(22)23/h6-8,11,13,16H,3-5,9H2,1-2H3,(H,22,23). The van der Waals surface area contributed by atoms with Crippen molar-refractivity contribution in [1.29, 1.82) is 0 Å². The molecule has 3 unspecified atom stereocenters. The second-order valence-corrected chi connectivity index (χ2v) is 8.07. The summed E-state index contributed by atoms with van der Waals surface area (Å²) in [5.74, 6) is 0.185. The van der Waals surface area contributed by atoms with Crippen LogP contribution in [0.25, 0.3) is 10.1 Å². The van der Waals surface area contributed by atoms with Crippen LogP contribution in [0.1, 0.15) is 34.5 Å². The molecule has 1 saturated carbocycles. The number of fused-ring (bicyclic) bond motifs is 2. The summed E-state index contributed by atoms with van der Waals surface area (Å²) in [6.07, 6.45) is 3.01. The van der Waals surface area contributed by atoms with E-state index in [9.17, 15) is 14.7 Å². The Kier molecular flexibility index (Phi) is 3.95. The first-order valence-corrected chi connectivity index (χ1v) is 9.44. The predicted molar refractivity (Wildman–Crippen MR) is 96.4 cm³/mol. The van der Waals surface area contributed by atoms with Crippen molar-refractivity contribution in [1.82, 2.24) is 4.90 Å². The molecule has 0 radical (unpaired) electrons. The Morgan fingerprint density at radius 1 is 1.32 bits per heavy atom. The van der Waals surface area contributed by atoms with Crippen LogP contribution in [0.15, 0.2) is 18.2 Å². The molecule has 6 heteroatoms. The molecule has 2 aliphatic rings. The van der Waals surface area contributed by atoms with E-state index in [0.29, 0.717) is 17.3 Å². The number of amides is 1. The number of carboxylic acid groups (broad SMARTS) is 1. The van der Waals surface area contributed by atoms with Gasteiger partial charge in [0.25, 0.3) is 5.91 Å². The van der Waals surface area contributed by atoms with E-state index in [2.05, 4.69) is 0 Å². The molecule has 1 saturated heterocycles. The third-order valence-corrected chi connectivity index (χ3v) is 7.00. The number of aryl methyl sites for hydroxylation is 1. The Balaban J connectivity index is 1.72. The van der Waals surface area contributed by atoms with Crippen LogP contribution in [0, 0.1) is 18.8 Å². The number of likely N-dealkylation sites (tertiary alicyclic amines) is 1. The van der Waals surface area contributed by atoms with Gasteiger partial charge >= 0.3 is 5.97 Å². The van der Waals surface area contributed by atoms with Crippen LogP contribution in [0.2, 0.25) is 0 Å². The van der Waals surface area contributed by atoms with Crippen LogP contribution in [0.3, 0.4) is 0 Å². The zero-order chi connectivity index (χ0) is 17.7. The maximum Gasteiger partial charge on any atom is 0.326 e. The molecule has 4 rings (SSSR count). The maximum atomic E-state index is 13.2. The lowest BCUT2D eigenvalue weighted by molar-refractivity contribution is -0.142. The van der Waals surface area contributed by atoms with Crippen molar-refractivity contribution in [2.75, 3.05) is 13.7 Å². The number of carbonyl (C=O) groups excluding carboxylic acids is 1. The number of hydrogen-bond acceptors (Lipinski definition) is 4. The van der Waals surface area contributed by atoms with Gasteiger partial charge in [0.15, 0.2) is 0 Å². The Labute approximate surface area is 150 Å². The largest absolute Gasteiger partial charge is 0.497 e. The summed E-state index contributed by atoms with van der Waals surface area (Å²) < 4.78 is 6.30. The molecule has 0 bridgehead atoms. The molecule has 1 aliphatic heterocycles. The van der Waals surface area contributed by atoms with Crippen LogP contribution in [-0.4, -0.2) is 41.6 Å². The Hall–Kier alpha value is -2.08. The van der Waals surface area contributed by atoms with Gasteiger partial charge in [0.2, 0.25) is 0 Å².